The van der Waals surface area contributed by atoms with Crippen LogP contribution >= 0.6 is 15.9 Å². The highest BCUT2D eigenvalue weighted by molar-refractivity contribution is 9.10. The van der Waals surface area contributed by atoms with Gasteiger partial charge in [-0.05, 0) is 40.2 Å². The second kappa shape index (κ2) is 3.92. The SMILES string of the molecule is Fc1cccc(-c2nnc3ccc(Br)cn23)c1. The van der Waals surface area contributed by atoms with Crippen LogP contribution in [0.4, 0.5) is 4.39 Å². The molecule has 0 bridgehead atoms. The van der Waals surface area contributed by atoms with Crippen LogP contribution in [0.3, 0.4) is 0 Å². The molecule has 0 saturated heterocycles. The lowest BCUT2D eigenvalue weighted by atomic mass is 10.2. The van der Waals surface area contributed by atoms with Crippen LogP contribution in [0.15, 0.2) is 47.1 Å². The highest BCUT2D eigenvalue weighted by atomic mass is 79.9. The van der Waals surface area contributed by atoms with Crippen molar-refractivity contribution in [3.05, 3.63) is 52.9 Å². The Hall–Kier alpha value is -1.75. The number of nitrogens with zero attached hydrogens (tertiary/aromatic N) is 3. The highest BCUT2D eigenvalue weighted by Gasteiger charge is 2.08. The summed E-state index contributed by atoms with van der Waals surface area (Å²) in [5, 5.41) is 8.11. The van der Waals surface area contributed by atoms with E-state index in [0.29, 0.717) is 11.4 Å². The van der Waals surface area contributed by atoms with Crippen molar-refractivity contribution in [3.63, 3.8) is 0 Å². The van der Waals surface area contributed by atoms with Crippen molar-refractivity contribution in [1.82, 2.24) is 14.6 Å². The Morgan fingerprint density at radius 2 is 2.00 bits per heavy atom. The smallest absolute Gasteiger partial charge is 0.168 e. The van der Waals surface area contributed by atoms with Crippen LogP contribution < -0.4 is 0 Å². The number of hydrogen-bond acceptors (Lipinski definition) is 2. The number of pyridine rings is 1. The van der Waals surface area contributed by atoms with E-state index < -0.39 is 0 Å². The predicted octanol–water partition coefficient (Wildman–Crippen LogP) is 3.30. The summed E-state index contributed by atoms with van der Waals surface area (Å²) in [4.78, 5) is 0. The lowest BCUT2D eigenvalue weighted by Crippen LogP contribution is -1.89. The maximum atomic E-state index is 13.2. The molecule has 0 radical (unpaired) electrons. The van der Waals surface area contributed by atoms with Gasteiger partial charge in [-0.15, -0.1) is 10.2 Å². The minimum absolute atomic E-state index is 0.283. The lowest BCUT2D eigenvalue weighted by molar-refractivity contribution is 0.628. The maximum Gasteiger partial charge on any atom is 0.168 e. The molecular formula is C12H7BrFN3. The monoisotopic (exact) mass is 291 g/mol. The average molecular weight is 292 g/mol. The van der Waals surface area contributed by atoms with Crippen LogP contribution in [-0.4, -0.2) is 14.6 Å². The molecule has 0 amide bonds. The van der Waals surface area contributed by atoms with Gasteiger partial charge in [-0.25, -0.2) is 4.39 Å². The number of benzene rings is 1. The zero-order valence-corrected chi connectivity index (χ0v) is 10.2. The molecule has 3 aromatic rings. The molecule has 0 aliphatic heterocycles. The summed E-state index contributed by atoms with van der Waals surface area (Å²) < 4.78 is 15.9. The van der Waals surface area contributed by atoms with Crippen LogP contribution in [0.2, 0.25) is 0 Å². The molecule has 3 rings (SSSR count). The van der Waals surface area contributed by atoms with Crippen LogP contribution in [0, 0.1) is 5.82 Å². The predicted molar refractivity (Wildman–Crippen MR) is 66.1 cm³/mol. The van der Waals surface area contributed by atoms with E-state index in [1.807, 2.05) is 22.7 Å². The molecule has 3 nitrogen and oxygen atoms in total. The quantitative estimate of drug-likeness (QED) is 0.689. The topological polar surface area (TPSA) is 30.2 Å². The second-order valence-corrected chi connectivity index (χ2v) is 4.53. The minimum atomic E-state index is -0.283. The summed E-state index contributed by atoms with van der Waals surface area (Å²) in [5.74, 6) is 0.343. The molecular weight excluding hydrogens is 285 g/mol. The molecule has 1 aromatic carbocycles. The fraction of sp³-hybridized carbons (Fsp3) is 0. The van der Waals surface area contributed by atoms with Crippen LogP contribution in [0.1, 0.15) is 0 Å². The van der Waals surface area contributed by atoms with Gasteiger partial charge in [0.05, 0.1) is 0 Å². The van der Waals surface area contributed by atoms with Crippen molar-refractivity contribution in [2.45, 2.75) is 0 Å². The third kappa shape index (κ3) is 1.82. The molecule has 2 aromatic heterocycles. The standard InChI is InChI=1S/C12H7BrFN3/c13-9-4-5-11-15-16-12(17(11)7-9)8-2-1-3-10(14)6-8/h1-7H. The van der Waals surface area contributed by atoms with Gasteiger partial charge < -0.3 is 0 Å². The van der Waals surface area contributed by atoms with E-state index in [-0.39, 0.29) is 5.82 Å². The van der Waals surface area contributed by atoms with E-state index in [1.54, 1.807) is 12.1 Å². The molecule has 0 saturated carbocycles. The molecule has 0 fully saturated rings. The molecule has 17 heavy (non-hydrogen) atoms. The van der Waals surface area contributed by atoms with E-state index in [2.05, 4.69) is 26.1 Å². The van der Waals surface area contributed by atoms with Crippen molar-refractivity contribution < 1.29 is 4.39 Å². The zero-order valence-electron chi connectivity index (χ0n) is 8.64. The fourth-order valence-corrected chi connectivity index (χ4v) is 2.03. The van der Waals surface area contributed by atoms with Crippen molar-refractivity contribution in [2.24, 2.45) is 0 Å². The lowest BCUT2D eigenvalue weighted by Gasteiger charge is -2.00. The Balaban J connectivity index is 2.27. The molecule has 0 N–H and O–H groups in total. The molecule has 0 aliphatic rings. The molecule has 5 heteroatoms. The highest BCUT2D eigenvalue weighted by Crippen LogP contribution is 2.20. The number of rotatable bonds is 1. The van der Waals surface area contributed by atoms with Gasteiger partial charge >= 0.3 is 0 Å². The maximum absolute atomic E-state index is 13.2. The first-order valence-corrected chi connectivity index (χ1v) is 5.79. The molecule has 0 atom stereocenters. The van der Waals surface area contributed by atoms with Gasteiger partial charge in [0.1, 0.15) is 5.82 Å². The van der Waals surface area contributed by atoms with Crippen molar-refractivity contribution >= 4 is 21.6 Å². The first-order valence-electron chi connectivity index (χ1n) is 5.00. The van der Waals surface area contributed by atoms with Crippen LogP contribution in [0.25, 0.3) is 17.0 Å². The Morgan fingerprint density at radius 1 is 1.12 bits per heavy atom. The average Bonchev–Trinajstić information content (AvgIpc) is 2.71. The first kappa shape index (κ1) is 10.4. The van der Waals surface area contributed by atoms with E-state index >= 15 is 0 Å². The van der Waals surface area contributed by atoms with Gasteiger partial charge in [0.25, 0.3) is 0 Å². The fourth-order valence-electron chi connectivity index (χ4n) is 1.69. The van der Waals surface area contributed by atoms with Crippen LogP contribution in [0.5, 0.6) is 0 Å². The summed E-state index contributed by atoms with van der Waals surface area (Å²) in [7, 11) is 0. The van der Waals surface area contributed by atoms with E-state index in [1.165, 1.54) is 12.1 Å². The minimum Gasteiger partial charge on any atom is -0.281 e. The molecule has 2 heterocycles. The van der Waals surface area contributed by atoms with Crippen molar-refractivity contribution in [3.8, 4) is 11.4 Å². The third-order valence-corrected chi connectivity index (χ3v) is 2.92. The Morgan fingerprint density at radius 3 is 2.82 bits per heavy atom. The van der Waals surface area contributed by atoms with Crippen LogP contribution in [-0.2, 0) is 0 Å². The molecule has 84 valence electrons. The van der Waals surface area contributed by atoms with Gasteiger partial charge in [0.2, 0.25) is 0 Å². The largest absolute Gasteiger partial charge is 0.281 e. The summed E-state index contributed by atoms with van der Waals surface area (Å²) in [6.45, 7) is 0. The molecule has 0 spiro atoms. The van der Waals surface area contributed by atoms with Gasteiger partial charge in [-0.3, -0.25) is 4.40 Å². The summed E-state index contributed by atoms with van der Waals surface area (Å²) in [5.41, 5.74) is 1.43. The Bertz CT molecular complexity index is 693. The zero-order chi connectivity index (χ0) is 11.8. The molecule has 0 aliphatic carbocycles. The summed E-state index contributed by atoms with van der Waals surface area (Å²) >= 11 is 3.39. The van der Waals surface area contributed by atoms with E-state index in [4.69, 9.17) is 0 Å². The summed E-state index contributed by atoms with van der Waals surface area (Å²) in [6.07, 6.45) is 1.86. The van der Waals surface area contributed by atoms with Crippen molar-refractivity contribution in [2.75, 3.05) is 0 Å². The summed E-state index contributed by atoms with van der Waals surface area (Å²) in [6, 6.07) is 10.0. The van der Waals surface area contributed by atoms with E-state index in [0.717, 1.165) is 10.1 Å². The number of halogens is 2. The Labute approximate surface area is 105 Å². The number of aromatic nitrogens is 3. The molecule has 0 unspecified atom stereocenters. The van der Waals surface area contributed by atoms with Gasteiger partial charge in [0.15, 0.2) is 11.5 Å². The first-order chi connectivity index (χ1) is 8.24. The van der Waals surface area contributed by atoms with E-state index in [9.17, 15) is 4.39 Å². The van der Waals surface area contributed by atoms with Gasteiger partial charge in [0, 0.05) is 16.2 Å². The Kier molecular flexibility index (Phi) is 2.40. The second-order valence-electron chi connectivity index (χ2n) is 3.61. The number of fused-ring (bicyclic) bond motifs is 1. The third-order valence-electron chi connectivity index (χ3n) is 2.45. The van der Waals surface area contributed by atoms with Gasteiger partial charge in [-0.1, -0.05) is 12.1 Å². The van der Waals surface area contributed by atoms with Gasteiger partial charge in [-0.2, -0.15) is 0 Å². The normalized spacial score (nSPS) is 10.9. The number of hydrogen-bond donors (Lipinski definition) is 0. The van der Waals surface area contributed by atoms with Crippen molar-refractivity contribution in [1.29, 1.82) is 0 Å².